The summed E-state index contributed by atoms with van der Waals surface area (Å²) in [6.45, 7) is 1.33. The monoisotopic (exact) mass is 272 g/mol. The van der Waals surface area contributed by atoms with Crippen molar-refractivity contribution in [3.8, 4) is 0 Å². The molecule has 0 aromatic heterocycles. The first-order valence-corrected chi connectivity index (χ1v) is 8.75. The minimum Gasteiger partial charge on any atom is -0.304 e. The summed E-state index contributed by atoms with van der Waals surface area (Å²) in [6.07, 6.45) is 2.04. The van der Waals surface area contributed by atoms with Crippen LogP contribution in [0.1, 0.15) is 26.7 Å². The molecule has 0 saturated heterocycles. The molecule has 0 aliphatic rings. The molecule has 0 aliphatic carbocycles. The Balaban J connectivity index is 4.39. The lowest BCUT2D eigenvalue weighted by Gasteiger charge is -2.30. The third-order valence-electron chi connectivity index (χ3n) is 2.81. The Hall–Kier alpha value is 0.850. The van der Waals surface area contributed by atoms with Gasteiger partial charge in [0, 0.05) is 20.0 Å². The summed E-state index contributed by atoms with van der Waals surface area (Å²) in [7, 11) is 2.83. The summed E-state index contributed by atoms with van der Waals surface area (Å²) in [6, 6.07) is 0. The van der Waals surface area contributed by atoms with E-state index in [1.54, 1.807) is 0 Å². The van der Waals surface area contributed by atoms with Crippen molar-refractivity contribution in [1.29, 1.82) is 0 Å². The van der Waals surface area contributed by atoms with Crippen LogP contribution in [0.3, 0.4) is 0 Å². The summed E-state index contributed by atoms with van der Waals surface area (Å²) < 4.78 is 21.6. The van der Waals surface area contributed by atoms with Crippen molar-refractivity contribution in [2.75, 3.05) is 25.7 Å². The third kappa shape index (κ3) is 4.70. The van der Waals surface area contributed by atoms with Gasteiger partial charge in [0.25, 0.3) is 0 Å². The Morgan fingerprint density at radius 2 is 1.73 bits per heavy atom. The highest BCUT2D eigenvalue weighted by molar-refractivity contribution is 8.55. The van der Waals surface area contributed by atoms with E-state index in [9.17, 15) is 4.57 Å². The van der Waals surface area contributed by atoms with Gasteiger partial charge in [-0.25, -0.2) is 4.57 Å². The first kappa shape index (κ1) is 15.9. The van der Waals surface area contributed by atoms with Gasteiger partial charge in [-0.05, 0) is 35.4 Å². The molecule has 0 spiro atoms. The third-order valence-corrected chi connectivity index (χ3v) is 7.66. The van der Waals surface area contributed by atoms with Gasteiger partial charge < -0.3 is 9.05 Å². The van der Waals surface area contributed by atoms with Gasteiger partial charge in [0.05, 0.1) is 0 Å². The molecule has 0 aromatic carbocycles. The molecule has 3 nitrogen and oxygen atoms in total. The molecule has 0 saturated carbocycles. The molecular formula is C9H21O3PS2. The van der Waals surface area contributed by atoms with Gasteiger partial charge in [0.2, 0.25) is 0 Å². The minimum absolute atomic E-state index is 0.125. The fraction of sp³-hybridized carbons (Fsp3) is 1.00. The lowest BCUT2D eigenvalue weighted by Crippen LogP contribution is -2.24. The van der Waals surface area contributed by atoms with Crippen LogP contribution in [0.25, 0.3) is 0 Å². The van der Waals surface area contributed by atoms with Crippen LogP contribution in [0.5, 0.6) is 0 Å². The predicted octanol–water partition coefficient (Wildman–Crippen LogP) is 3.86. The molecule has 0 aliphatic heterocycles. The van der Waals surface area contributed by atoms with E-state index < -0.39 is 6.80 Å². The highest BCUT2D eigenvalue weighted by Gasteiger charge is 2.31. The zero-order valence-corrected chi connectivity index (χ0v) is 12.5. The van der Waals surface area contributed by atoms with Crippen LogP contribution in [0.4, 0.5) is 0 Å². The second-order valence-corrected chi connectivity index (χ2v) is 8.06. The molecule has 0 unspecified atom stereocenters. The van der Waals surface area contributed by atoms with Crippen molar-refractivity contribution >= 4 is 30.8 Å². The van der Waals surface area contributed by atoms with Gasteiger partial charge >= 0.3 is 6.80 Å². The van der Waals surface area contributed by atoms with Crippen LogP contribution in [0.2, 0.25) is 0 Å². The fourth-order valence-corrected chi connectivity index (χ4v) is 5.06. The normalized spacial score (nSPS) is 13.1. The fourth-order valence-electron chi connectivity index (χ4n) is 1.12. The van der Waals surface area contributed by atoms with Gasteiger partial charge in [0.1, 0.15) is 0 Å². The Morgan fingerprint density at radius 3 is 2.00 bits per heavy atom. The SMILES string of the molecule is CCC(CC)(CS)CSP(=O)(OC)OC. The molecule has 15 heavy (non-hydrogen) atoms. The molecule has 0 fully saturated rings. The average Bonchev–Trinajstić information content (AvgIpc) is 2.31. The minimum atomic E-state index is -2.93. The number of rotatable bonds is 8. The van der Waals surface area contributed by atoms with Gasteiger partial charge in [-0.2, -0.15) is 12.6 Å². The van der Waals surface area contributed by atoms with Gasteiger partial charge in [0.15, 0.2) is 0 Å². The molecule has 0 amide bonds. The van der Waals surface area contributed by atoms with E-state index in [4.69, 9.17) is 9.05 Å². The van der Waals surface area contributed by atoms with E-state index in [0.717, 1.165) is 24.3 Å². The molecule has 0 rings (SSSR count). The van der Waals surface area contributed by atoms with E-state index in [1.807, 2.05) is 0 Å². The molecule has 0 N–H and O–H groups in total. The maximum absolute atomic E-state index is 11.8. The molecule has 0 radical (unpaired) electrons. The molecule has 0 aromatic rings. The van der Waals surface area contributed by atoms with E-state index in [1.165, 1.54) is 25.6 Å². The van der Waals surface area contributed by atoms with E-state index >= 15 is 0 Å². The van der Waals surface area contributed by atoms with Gasteiger partial charge in [-0.1, -0.05) is 13.8 Å². The summed E-state index contributed by atoms with van der Waals surface area (Å²) in [5, 5.41) is 0. The van der Waals surface area contributed by atoms with Crippen molar-refractivity contribution in [1.82, 2.24) is 0 Å². The standard InChI is InChI=1S/C9H21O3PS2/c1-5-9(6-2,7-14)8-15-13(10,11-3)12-4/h14H,5-8H2,1-4H3. The molecule has 92 valence electrons. The highest BCUT2D eigenvalue weighted by atomic mass is 32.7. The van der Waals surface area contributed by atoms with Crippen molar-refractivity contribution in [3.63, 3.8) is 0 Å². The first-order valence-electron chi connectivity index (χ1n) is 4.98. The molecular weight excluding hydrogens is 251 g/mol. The van der Waals surface area contributed by atoms with Crippen molar-refractivity contribution in [2.45, 2.75) is 26.7 Å². The van der Waals surface area contributed by atoms with Crippen molar-refractivity contribution in [3.05, 3.63) is 0 Å². The van der Waals surface area contributed by atoms with E-state index in [-0.39, 0.29) is 5.41 Å². The Labute approximate surface area is 102 Å². The molecule has 0 bridgehead atoms. The van der Waals surface area contributed by atoms with E-state index in [2.05, 4.69) is 26.5 Å². The summed E-state index contributed by atoms with van der Waals surface area (Å²) >= 11 is 5.63. The quantitative estimate of drug-likeness (QED) is 0.537. The Bertz CT molecular complexity index is 203. The van der Waals surface area contributed by atoms with Crippen molar-refractivity contribution < 1.29 is 13.6 Å². The first-order chi connectivity index (χ1) is 7.01. The van der Waals surface area contributed by atoms with Crippen LogP contribution in [0.15, 0.2) is 0 Å². The van der Waals surface area contributed by atoms with Crippen LogP contribution < -0.4 is 0 Å². The van der Waals surface area contributed by atoms with E-state index in [0.29, 0.717) is 0 Å². The summed E-state index contributed by atoms with van der Waals surface area (Å²) in [5.74, 6) is 1.54. The molecule has 6 heteroatoms. The summed E-state index contributed by atoms with van der Waals surface area (Å²) in [5.41, 5.74) is 0.125. The Morgan fingerprint density at radius 1 is 1.27 bits per heavy atom. The zero-order chi connectivity index (χ0) is 11.9. The van der Waals surface area contributed by atoms with Crippen LogP contribution in [-0.4, -0.2) is 25.7 Å². The Kier molecular flexibility index (Phi) is 7.64. The van der Waals surface area contributed by atoms with Gasteiger partial charge in [-0.15, -0.1) is 0 Å². The average molecular weight is 272 g/mol. The van der Waals surface area contributed by atoms with Crippen LogP contribution in [0, 0.1) is 5.41 Å². The molecule has 0 atom stereocenters. The maximum Gasteiger partial charge on any atom is 0.388 e. The maximum atomic E-state index is 11.8. The lowest BCUT2D eigenvalue weighted by molar-refractivity contribution is 0.294. The van der Waals surface area contributed by atoms with Gasteiger partial charge in [-0.3, -0.25) is 0 Å². The summed E-state index contributed by atoms with van der Waals surface area (Å²) in [4.78, 5) is 0. The predicted molar refractivity (Wildman–Crippen MR) is 71.0 cm³/mol. The van der Waals surface area contributed by atoms with Crippen molar-refractivity contribution in [2.24, 2.45) is 5.41 Å². The topological polar surface area (TPSA) is 35.5 Å². The zero-order valence-electron chi connectivity index (χ0n) is 9.86. The second kappa shape index (κ2) is 7.23. The lowest BCUT2D eigenvalue weighted by atomic mass is 9.87. The smallest absolute Gasteiger partial charge is 0.304 e. The molecule has 0 heterocycles. The second-order valence-electron chi connectivity index (χ2n) is 3.45. The van der Waals surface area contributed by atoms with Crippen LogP contribution >= 0.6 is 30.8 Å². The number of hydrogen-bond acceptors (Lipinski definition) is 5. The number of hydrogen-bond donors (Lipinski definition) is 1. The number of thiol groups is 1. The largest absolute Gasteiger partial charge is 0.388 e. The van der Waals surface area contributed by atoms with Crippen LogP contribution in [-0.2, 0) is 13.6 Å². The highest BCUT2D eigenvalue weighted by Crippen LogP contribution is 2.61.